The molecule has 2 fully saturated rings. The first kappa shape index (κ1) is 15.0. The fourth-order valence-electron chi connectivity index (χ4n) is 4.16. The van der Waals surface area contributed by atoms with Gasteiger partial charge in [0.25, 0.3) is 0 Å². The topological polar surface area (TPSA) is 37.3 Å². The molecule has 2 aliphatic carbocycles. The minimum absolute atomic E-state index is 0.325. The molecule has 0 aliphatic heterocycles. The fraction of sp³-hybridized carbons (Fsp3) is 0.611. The third-order valence-electron chi connectivity index (χ3n) is 5.18. The van der Waals surface area contributed by atoms with Crippen molar-refractivity contribution in [1.29, 1.82) is 0 Å². The van der Waals surface area contributed by atoms with E-state index < -0.39 is 10.7 Å². The molecule has 1 aromatic rings. The largest absolute Gasteiger partial charge is 0.480 e. The van der Waals surface area contributed by atoms with Crippen LogP contribution in [0.2, 0.25) is 0 Å². The summed E-state index contributed by atoms with van der Waals surface area (Å²) in [5.41, 5.74) is 1.52. The zero-order chi connectivity index (χ0) is 14.9. The molecule has 3 heteroatoms. The Morgan fingerprint density at radius 1 is 1.14 bits per heavy atom. The van der Waals surface area contributed by atoms with E-state index in [9.17, 15) is 9.90 Å². The Morgan fingerprint density at radius 3 is 2.38 bits per heavy atom. The van der Waals surface area contributed by atoms with Gasteiger partial charge in [-0.05, 0) is 50.2 Å². The predicted molar refractivity (Wildman–Crippen MR) is 86.8 cm³/mol. The number of aliphatic carboxylic acids is 1. The van der Waals surface area contributed by atoms with Crippen LogP contribution in [0.3, 0.4) is 0 Å². The van der Waals surface area contributed by atoms with Crippen LogP contribution >= 0.6 is 11.8 Å². The van der Waals surface area contributed by atoms with Gasteiger partial charge in [0.2, 0.25) is 0 Å². The summed E-state index contributed by atoms with van der Waals surface area (Å²) in [5.74, 6) is -0.621. The van der Waals surface area contributed by atoms with E-state index in [0.29, 0.717) is 5.41 Å². The number of rotatable bonds is 3. The molecule has 0 bridgehead atoms. The second-order valence-corrected chi connectivity index (χ2v) is 8.44. The minimum atomic E-state index is -0.621. The van der Waals surface area contributed by atoms with Crippen molar-refractivity contribution < 1.29 is 9.90 Å². The molecular weight excluding hydrogens is 280 g/mol. The SMILES string of the molecule is Cc1cccc(SC2(C(=O)O)CC3(CCCCCC3)C2)c1. The highest BCUT2D eigenvalue weighted by Gasteiger charge is 2.59. The summed E-state index contributed by atoms with van der Waals surface area (Å²) in [4.78, 5) is 13.0. The van der Waals surface area contributed by atoms with Gasteiger partial charge in [0.15, 0.2) is 0 Å². The highest BCUT2D eigenvalue weighted by atomic mass is 32.2. The first-order valence-electron chi connectivity index (χ1n) is 8.03. The zero-order valence-electron chi connectivity index (χ0n) is 12.7. The molecule has 0 saturated heterocycles. The van der Waals surface area contributed by atoms with Crippen LogP contribution in [-0.4, -0.2) is 15.8 Å². The average Bonchev–Trinajstić information content (AvgIpc) is 2.63. The maximum absolute atomic E-state index is 11.9. The molecule has 0 amide bonds. The van der Waals surface area contributed by atoms with Crippen molar-refractivity contribution in [3.8, 4) is 0 Å². The Labute approximate surface area is 131 Å². The monoisotopic (exact) mass is 304 g/mol. The molecule has 0 aromatic heterocycles. The van der Waals surface area contributed by atoms with Crippen LogP contribution in [0.15, 0.2) is 29.2 Å². The molecule has 3 rings (SSSR count). The van der Waals surface area contributed by atoms with Crippen LogP contribution in [0, 0.1) is 12.3 Å². The third-order valence-corrected chi connectivity index (χ3v) is 6.52. The van der Waals surface area contributed by atoms with Crippen molar-refractivity contribution in [3.05, 3.63) is 29.8 Å². The lowest BCUT2D eigenvalue weighted by atomic mass is 9.58. The molecular formula is C18H24O2S. The van der Waals surface area contributed by atoms with Crippen LogP contribution in [0.25, 0.3) is 0 Å². The van der Waals surface area contributed by atoms with Gasteiger partial charge in [0.05, 0.1) is 0 Å². The van der Waals surface area contributed by atoms with Crippen molar-refractivity contribution in [3.63, 3.8) is 0 Å². The smallest absolute Gasteiger partial charge is 0.320 e. The van der Waals surface area contributed by atoms with Gasteiger partial charge in [-0.1, -0.05) is 43.4 Å². The van der Waals surface area contributed by atoms with Crippen LogP contribution in [0.1, 0.15) is 56.9 Å². The van der Waals surface area contributed by atoms with E-state index in [1.54, 1.807) is 11.8 Å². The Balaban J connectivity index is 1.75. The van der Waals surface area contributed by atoms with E-state index in [0.717, 1.165) is 17.7 Å². The van der Waals surface area contributed by atoms with E-state index in [1.165, 1.54) is 44.1 Å². The molecule has 114 valence electrons. The standard InChI is InChI=1S/C18H24O2S/c1-14-7-6-8-15(11-14)21-18(16(19)20)12-17(13-18)9-4-2-3-5-10-17/h6-8,11H,2-5,9-10,12-13H2,1H3,(H,19,20). The first-order chi connectivity index (χ1) is 10.0. The van der Waals surface area contributed by atoms with E-state index in [2.05, 4.69) is 19.1 Å². The van der Waals surface area contributed by atoms with Crippen LogP contribution in [-0.2, 0) is 4.79 Å². The number of aryl methyl sites for hydroxylation is 1. The third kappa shape index (κ3) is 2.98. The van der Waals surface area contributed by atoms with Crippen molar-refractivity contribution in [2.24, 2.45) is 5.41 Å². The van der Waals surface area contributed by atoms with E-state index in [-0.39, 0.29) is 0 Å². The molecule has 21 heavy (non-hydrogen) atoms. The number of benzene rings is 1. The van der Waals surface area contributed by atoms with Crippen molar-refractivity contribution in [2.45, 2.75) is 67.9 Å². The lowest BCUT2D eigenvalue weighted by Gasteiger charge is -2.53. The van der Waals surface area contributed by atoms with E-state index in [1.807, 2.05) is 12.1 Å². The van der Waals surface area contributed by atoms with E-state index in [4.69, 9.17) is 0 Å². The summed E-state index contributed by atoms with van der Waals surface area (Å²) in [6.45, 7) is 2.06. The molecule has 1 N–H and O–H groups in total. The van der Waals surface area contributed by atoms with Crippen molar-refractivity contribution >= 4 is 17.7 Å². The first-order valence-corrected chi connectivity index (χ1v) is 8.85. The maximum atomic E-state index is 11.9. The van der Waals surface area contributed by atoms with E-state index >= 15 is 0 Å². The Morgan fingerprint density at radius 2 is 1.81 bits per heavy atom. The fourth-order valence-corrected chi connectivity index (χ4v) is 5.85. The average molecular weight is 304 g/mol. The molecule has 1 spiro atoms. The molecule has 0 heterocycles. The zero-order valence-corrected chi connectivity index (χ0v) is 13.5. The van der Waals surface area contributed by atoms with Gasteiger partial charge in [0, 0.05) is 4.90 Å². The quantitative estimate of drug-likeness (QED) is 0.849. The highest BCUT2D eigenvalue weighted by molar-refractivity contribution is 8.01. The van der Waals surface area contributed by atoms with Crippen molar-refractivity contribution in [2.75, 3.05) is 0 Å². The molecule has 0 unspecified atom stereocenters. The van der Waals surface area contributed by atoms with Gasteiger partial charge in [-0.25, -0.2) is 0 Å². The molecule has 2 nitrogen and oxygen atoms in total. The van der Waals surface area contributed by atoms with Gasteiger partial charge in [-0.15, -0.1) is 11.8 Å². The van der Waals surface area contributed by atoms with Crippen LogP contribution in [0.4, 0.5) is 0 Å². The normalized spacial score (nSPS) is 23.3. The number of thioether (sulfide) groups is 1. The van der Waals surface area contributed by atoms with Gasteiger partial charge in [-0.3, -0.25) is 4.79 Å². The minimum Gasteiger partial charge on any atom is -0.480 e. The van der Waals surface area contributed by atoms with Gasteiger partial charge in [-0.2, -0.15) is 0 Å². The number of hydrogen-bond acceptors (Lipinski definition) is 2. The summed E-state index contributed by atoms with van der Waals surface area (Å²) in [7, 11) is 0. The summed E-state index contributed by atoms with van der Waals surface area (Å²) in [6, 6.07) is 8.23. The number of hydrogen-bond donors (Lipinski definition) is 1. The summed E-state index contributed by atoms with van der Waals surface area (Å²) in [6.07, 6.45) is 9.39. The van der Waals surface area contributed by atoms with Gasteiger partial charge < -0.3 is 5.11 Å². The van der Waals surface area contributed by atoms with Crippen LogP contribution < -0.4 is 0 Å². The summed E-state index contributed by atoms with van der Waals surface area (Å²) in [5, 5.41) is 9.78. The lowest BCUT2D eigenvalue weighted by molar-refractivity contribution is -0.147. The Hall–Kier alpha value is -0.960. The predicted octanol–water partition coefficient (Wildman–Crippen LogP) is 5.04. The maximum Gasteiger partial charge on any atom is 0.320 e. The molecule has 0 atom stereocenters. The molecule has 0 radical (unpaired) electrons. The van der Waals surface area contributed by atoms with Gasteiger partial charge in [0.1, 0.15) is 4.75 Å². The number of carboxylic acids is 1. The van der Waals surface area contributed by atoms with Crippen LogP contribution in [0.5, 0.6) is 0 Å². The second kappa shape index (κ2) is 5.68. The van der Waals surface area contributed by atoms with Gasteiger partial charge >= 0.3 is 5.97 Å². The molecule has 1 aromatic carbocycles. The lowest BCUT2D eigenvalue weighted by Crippen LogP contribution is -2.54. The summed E-state index contributed by atoms with van der Waals surface area (Å²) < 4.78 is -0.585. The second-order valence-electron chi connectivity index (χ2n) is 6.99. The summed E-state index contributed by atoms with van der Waals surface area (Å²) >= 11 is 1.57. The number of carboxylic acid groups (broad SMARTS) is 1. The number of carbonyl (C=O) groups is 1. The Bertz CT molecular complexity index is 522. The van der Waals surface area contributed by atoms with Crippen molar-refractivity contribution in [1.82, 2.24) is 0 Å². The highest BCUT2D eigenvalue weighted by Crippen LogP contribution is 2.62. The molecule has 2 saturated carbocycles. The molecule has 2 aliphatic rings. The Kier molecular flexibility index (Phi) is 4.04.